The van der Waals surface area contributed by atoms with Gasteiger partial charge in [0.1, 0.15) is 12.3 Å². The normalized spacial score (nSPS) is 10.5. The second kappa shape index (κ2) is 4.91. The lowest BCUT2D eigenvalue weighted by molar-refractivity contribution is -0.141. The van der Waals surface area contributed by atoms with E-state index in [-0.39, 0.29) is 12.5 Å². The van der Waals surface area contributed by atoms with Crippen molar-refractivity contribution in [3.05, 3.63) is 30.5 Å². The maximum absolute atomic E-state index is 11.3. The maximum atomic E-state index is 11.3. The Morgan fingerprint density at radius 2 is 2.18 bits per heavy atom. The van der Waals surface area contributed by atoms with Gasteiger partial charge in [-0.2, -0.15) is 0 Å². The number of ether oxygens (including phenoxy) is 2. The molecule has 2 rings (SSSR count). The maximum Gasteiger partial charge on any atom is 0.325 e. The van der Waals surface area contributed by atoms with Gasteiger partial charge in [0.25, 0.3) is 0 Å². The molecule has 1 heterocycles. The van der Waals surface area contributed by atoms with Gasteiger partial charge in [0.2, 0.25) is 0 Å². The Balaban J connectivity index is 2.40. The third-order valence-corrected chi connectivity index (χ3v) is 2.60. The molecule has 1 aromatic heterocycles. The average molecular weight is 233 g/mol. The van der Waals surface area contributed by atoms with E-state index in [9.17, 15) is 4.79 Å². The van der Waals surface area contributed by atoms with Crippen LogP contribution in [0.1, 0.15) is 6.92 Å². The average Bonchev–Trinajstić information content (AvgIpc) is 2.74. The Morgan fingerprint density at radius 1 is 1.35 bits per heavy atom. The number of nitrogens with zero attached hydrogens (tertiary/aromatic N) is 1. The van der Waals surface area contributed by atoms with Crippen LogP contribution in [0.3, 0.4) is 0 Å². The Kier molecular flexibility index (Phi) is 3.32. The van der Waals surface area contributed by atoms with E-state index in [1.54, 1.807) is 0 Å². The highest BCUT2D eigenvalue weighted by atomic mass is 16.5. The summed E-state index contributed by atoms with van der Waals surface area (Å²) in [6.45, 7) is 2.79. The minimum Gasteiger partial charge on any atom is -0.493 e. The summed E-state index contributed by atoms with van der Waals surface area (Å²) >= 11 is 0. The number of carbonyl (C=O) groups is 1. The molecule has 0 aliphatic heterocycles. The summed E-state index contributed by atoms with van der Waals surface area (Å²) in [7, 11) is 1.39. The molecular formula is C13H15NO3. The molecule has 17 heavy (non-hydrogen) atoms. The van der Waals surface area contributed by atoms with E-state index in [2.05, 4.69) is 4.74 Å². The second-order valence-corrected chi connectivity index (χ2v) is 3.64. The number of fused-ring (bicyclic) bond motifs is 1. The number of esters is 1. The smallest absolute Gasteiger partial charge is 0.325 e. The Labute approximate surface area is 99.7 Å². The fourth-order valence-corrected chi connectivity index (χ4v) is 1.82. The van der Waals surface area contributed by atoms with Crippen LogP contribution < -0.4 is 4.74 Å². The number of hydrogen-bond donors (Lipinski definition) is 0. The van der Waals surface area contributed by atoms with Crippen molar-refractivity contribution in [1.82, 2.24) is 4.57 Å². The van der Waals surface area contributed by atoms with Crippen LogP contribution in [0.4, 0.5) is 0 Å². The molecule has 0 fully saturated rings. The summed E-state index contributed by atoms with van der Waals surface area (Å²) in [6, 6.07) is 7.75. The SMILES string of the molecule is CCOc1cccc2c1ccn2CC(=O)OC. The van der Waals surface area contributed by atoms with Gasteiger partial charge < -0.3 is 14.0 Å². The van der Waals surface area contributed by atoms with Crippen LogP contribution in [0.25, 0.3) is 10.9 Å². The number of rotatable bonds is 4. The second-order valence-electron chi connectivity index (χ2n) is 3.64. The first-order chi connectivity index (χ1) is 8.26. The number of benzene rings is 1. The van der Waals surface area contributed by atoms with Gasteiger partial charge in [0, 0.05) is 11.6 Å². The van der Waals surface area contributed by atoms with Crippen molar-refractivity contribution >= 4 is 16.9 Å². The van der Waals surface area contributed by atoms with E-state index in [1.807, 2.05) is 42.0 Å². The fourth-order valence-electron chi connectivity index (χ4n) is 1.82. The molecule has 0 saturated carbocycles. The minimum absolute atomic E-state index is 0.218. The van der Waals surface area contributed by atoms with Crippen molar-refractivity contribution in [2.75, 3.05) is 13.7 Å². The lowest BCUT2D eigenvalue weighted by Crippen LogP contribution is -2.10. The van der Waals surface area contributed by atoms with Crippen molar-refractivity contribution in [3.63, 3.8) is 0 Å². The van der Waals surface area contributed by atoms with Crippen molar-refractivity contribution in [3.8, 4) is 5.75 Å². The molecule has 0 bridgehead atoms. The highest BCUT2D eigenvalue weighted by Gasteiger charge is 2.08. The molecule has 0 N–H and O–H groups in total. The van der Waals surface area contributed by atoms with E-state index < -0.39 is 0 Å². The summed E-state index contributed by atoms with van der Waals surface area (Å²) in [4.78, 5) is 11.3. The molecule has 0 spiro atoms. The fraction of sp³-hybridized carbons (Fsp3) is 0.308. The molecule has 0 aliphatic rings. The molecule has 4 nitrogen and oxygen atoms in total. The molecule has 0 amide bonds. The van der Waals surface area contributed by atoms with Crippen LogP contribution in [0.5, 0.6) is 5.75 Å². The standard InChI is InChI=1S/C13H15NO3/c1-3-17-12-6-4-5-11-10(12)7-8-14(11)9-13(15)16-2/h4-8H,3,9H2,1-2H3. The summed E-state index contributed by atoms with van der Waals surface area (Å²) in [5.41, 5.74) is 0.973. The van der Waals surface area contributed by atoms with Crippen LogP contribution in [0.2, 0.25) is 0 Å². The molecule has 0 unspecified atom stereocenters. The van der Waals surface area contributed by atoms with Gasteiger partial charge in [0.15, 0.2) is 0 Å². The van der Waals surface area contributed by atoms with Gasteiger partial charge in [0.05, 0.1) is 19.2 Å². The molecular weight excluding hydrogens is 218 g/mol. The zero-order valence-electron chi connectivity index (χ0n) is 9.97. The zero-order chi connectivity index (χ0) is 12.3. The molecule has 2 aromatic rings. The molecule has 0 atom stereocenters. The van der Waals surface area contributed by atoms with Crippen LogP contribution >= 0.6 is 0 Å². The molecule has 0 radical (unpaired) electrons. The topological polar surface area (TPSA) is 40.5 Å². The van der Waals surface area contributed by atoms with E-state index in [0.717, 1.165) is 16.7 Å². The number of methoxy groups -OCH3 is 1. The number of aromatic nitrogens is 1. The third-order valence-electron chi connectivity index (χ3n) is 2.60. The Hall–Kier alpha value is -1.97. The molecule has 1 aromatic carbocycles. The summed E-state index contributed by atoms with van der Waals surface area (Å²) in [5, 5.41) is 1.01. The highest BCUT2D eigenvalue weighted by molar-refractivity contribution is 5.87. The van der Waals surface area contributed by atoms with E-state index in [4.69, 9.17) is 4.74 Å². The Bertz CT molecular complexity index is 530. The lowest BCUT2D eigenvalue weighted by atomic mass is 10.2. The largest absolute Gasteiger partial charge is 0.493 e. The summed E-state index contributed by atoms with van der Waals surface area (Å²) in [6.07, 6.45) is 1.87. The molecule has 0 aliphatic carbocycles. The van der Waals surface area contributed by atoms with Gasteiger partial charge in [-0.3, -0.25) is 4.79 Å². The monoisotopic (exact) mass is 233 g/mol. The first-order valence-corrected chi connectivity index (χ1v) is 5.53. The van der Waals surface area contributed by atoms with Crippen molar-refractivity contribution in [2.45, 2.75) is 13.5 Å². The lowest BCUT2D eigenvalue weighted by Gasteiger charge is -2.06. The summed E-state index contributed by atoms with van der Waals surface area (Å²) < 4.78 is 12.0. The molecule has 4 heteroatoms. The van der Waals surface area contributed by atoms with Crippen LogP contribution in [0.15, 0.2) is 30.5 Å². The predicted molar refractivity (Wildman–Crippen MR) is 65.1 cm³/mol. The van der Waals surface area contributed by atoms with Gasteiger partial charge in [-0.25, -0.2) is 0 Å². The third kappa shape index (κ3) is 2.25. The van der Waals surface area contributed by atoms with E-state index >= 15 is 0 Å². The van der Waals surface area contributed by atoms with Crippen LogP contribution in [-0.4, -0.2) is 24.3 Å². The Morgan fingerprint density at radius 3 is 2.88 bits per heavy atom. The van der Waals surface area contributed by atoms with Gasteiger partial charge in [-0.1, -0.05) is 6.07 Å². The summed E-state index contributed by atoms with van der Waals surface area (Å²) in [5.74, 6) is 0.581. The van der Waals surface area contributed by atoms with Crippen molar-refractivity contribution < 1.29 is 14.3 Å². The molecule has 0 saturated heterocycles. The van der Waals surface area contributed by atoms with Gasteiger partial charge in [-0.15, -0.1) is 0 Å². The van der Waals surface area contributed by atoms with E-state index in [1.165, 1.54) is 7.11 Å². The van der Waals surface area contributed by atoms with Crippen LogP contribution in [-0.2, 0) is 16.1 Å². The van der Waals surface area contributed by atoms with Crippen molar-refractivity contribution in [1.29, 1.82) is 0 Å². The highest BCUT2D eigenvalue weighted by Crippen LogP contribution is 2.26. The van der Waals surface area contributed by atoms with Crippen LogP contribution in [0, 0.1) is 0 Å². The van der Waals surface area contributed by atoms with Gasteiger partial charge in [-0.05, 0) is 25.1 Å². The molecule has 90 valence electrons. The number of hydrogen-bond acceptors (Lipinski definition) is 3. The number of carbonyl (C=O) groups excluding carboxylic acids is 1. The quantitative estimate of drug-likeness (QED) is 0.760. The first kappa shape index (κ1) is 11.5. The predicted octanol–water partition coefficient (Wildman–Crippen LogP) is 2.21. The van der Waals surface area contributed by atoms with E-state index in [0.29, 0.717) is 6.61 Å². The van der Waals surface area contributed by atoms with Gasteiger partial charge >= 0.3 is 5.97 Å². The minimum atomic E-state index is -0.260. The van der Waals surface area contributed by atoms with Crippen molar-refractivity contribution in [2.24, 2.45) is 0 Å². The zero-order valence-corrected chi connectivity index (χ0v) is 9.97. The first-order valence-electron chi connectivity index (χ1n) is 5.53.